The van der Waals surface area contributed by atoms with Crippen LogP contribution in [-0.2, 0) is 0 Å². The zero-order valence-corrected chi connectivity index (χ0v) is 10.6. The van der Waals surface area contributed by atoms with Crippen molar-refractivity contribution in [2.75, 3.05) is 24.8 Å². The van der Waals surface area contributed by atoms with Crippen molar-refractivity contribution in [3.63, 3.8) is 0 Å². The Hall–Kier alpha value is -2.37. The Morgan fingerprint density at radius 3 is 2.39 bits per heavy atom. The largest absolute Gasteiger partial charge is 0.467 e. The van der Waals surface area contributed by atoms with Gasteiger partial charge in [0.2, 0.25) is 11.9 Å². The zero-order valence-electron chi connectivity index (χ0n) is 10.6. The average molecular weight is 245 g/mol. The fraction of sp³-hybridized carbons (Fsp3) is 0.250. The van der Waals surface area contributed by atoms with Crippen LogP contribution >= 0.6 is 0 Å². The molecule has 6 heteroatoms. The van der Waals surface area contributed by atoms with E-state index in [0.717, 1.165) is 5.69 Å². The van der Waals surface area contributed by atoms with Gasteiger partial charge in [0.05, 0.1) is 7.11 Å². The molecular formula is C12H15N5O. The van der Waals surface area contributed by atoms with Crippen LogP contribution in [0.25, 0.3) is 0 Å². The van der Waals surface area contributed by atoms with E-state index >= 15 is 0 Å². The fourth-order valence-corrected chi connectivity index (χ4v) is 1.49. The van der Waals surface area contributed by atoms with E-state index in [9.17, 15) is 0 Å². The van der Waals surface area contributed by atoms with Crippen LogP contribution in [0.15, 0.2) is 24.3 Å². The molecule has 0 bridgehead atoms. The van der Waals surface area contributed by atoms with E-state index in [1.807, 2.05) is 43.1 Å². The molecule has 2 aromatic rings. The Morgan fingerprint density at radius 1 is 1.11 bits per heavy atom. The standard InChI is InChI=1S/C12H15N5O/c1-8-4-6-9(7-5-8)17(2)11-14-10(13)15-12(16-11)18-3/h4-7H,1-3H3,(H2,13,14,15,16). The predicted octanol–water partition coefficient (Wildman–Crippen LogP) is 1.54. The predicted molar refractivity (Wildman–Crippen MR) is 70.0 cm³/mol. The first kappa shape index (κ1) is 12.1. The minimum Gasteiger partial charge on any atom is -0.467 e. The first-order valence-electron chi connectivity index (χ1n) is 5.46. The average Bonchev–Trinajstić information content (AvgIpc) is 2.38. The van der Waals surface area contributed by atoms with Gasteiger partial charge in [-0.2, -0.15) is 15.0 Å². The summed E-state index contributed by atoms with van der Waals surface area (Å²) in [6.45, 7) is 2.04. The summed E-state index contributed by atoms with van der Waals surface area (Å²) in [5.41, 5.74) is 7.77. The maximum Gasteiger partial charge on any atom is 0.322 e. The van der Waals surface area contributed by atoms with E-state index in [-0.39, 0.29) is 12.0 Å². The van der Waals surface area contributed by atoms with E-state index in [4.69, 9.17) is 10.5 Å². The first-order valence-corrected chi connectivity index (χ1v) is 5.46. The molecule has 2 rings (SSSR count). The van der Waals surface area contributed by atoms with Gasteiger partial charge in [-0.05, 0) is 19.1 Å². The number of aromatic nitrogens is 3. The minimum absolute atomic E-state index is 0.135. The van der Waals surface area contributed by atoms with Crippen LogP contribution in [0.5, 0.6) is 6.01 Å². The maximum absolute atomic E-state index is 5.61. The van der Waals surface area contributed by atoms with Gasteiger partial charge in [-0.1, -0.05) is 17.7 Å². The van der Waals surface area contributed by atoms with Gasteiger partial charge in [0, 0.05) is 12.7 Å². The number of benzene rings is 1. The monoisotopic (exact) mass is 245 g/mol. The number of methoxy groups -OCH3 is 1. The smallest absolute Gasteiger partial charge is 0.322 e. The Bertz CT molecular complexity index is 541. The molecule has 0 saturated heterocycles. The molecule has 94 valence electrons. The maximum atomic E-state index is 5.61. The van der Waals surface area contributed by atoms with Gasteiger partial charge in [-0.15, -0.1) is 0 Å². The third kappa shape index (κ3) is 2.48. The number of nitrogen functional groups attached to an aromatic ring is 1. The van der Waals surface area contributed by atoms with Gasteiger partial charge in [-0.25, -0.2) is 0 Å². The summed E-state index contributed by atoms with van der Waals surface area (Å²) in [5, 5.41) is 0. The second kappa shape index (κ2) is 4.87. The second-order valence-corrected chi connectivity index (χ2v) is 3.87. The van der Waals surface area contributed by atoms with Crippen molar-refractivity contribution >= 4 is 17.6 Å². The number of aryl methyl sites for hydroxylation is 1. The minimum atomic E-state index is 0.135. The summed E-state index contributed by atoms with van der Waals surface area (Å²) < 4.78 is 4.97. The highest BCUT2D eigenvalue weighted by Crippen LogP contribution is 2.21. The summed E-state index contributed by atoms with van der Waals surface area (Å²) in [7, 11) is 3.35. The molecule has 18 heavy (non-hydrogen) atoms. The lowest BCUT2D eigenvalue weighted by Gasteiger charge is -2.17. The third-order valence-corrected chi connectivity index (χ3v) is 2.52. The Morgan fingerprint density at radius 2 is 1.78 bits per heavy atom. The van der Waals surface area contributed by atoms with Crippen molar-refractivity contribution < 1.29 is 4.74 Å². The van der Waals surface area contributed by atoms with Crippen molar-refractivity contribution in [2.45, 2.75) is 6.92 Å². The van der Waals surface area contributed by atoms with E-state index in [1.165, 1.54) is 12.7 Å². The number of nitrogens with zero attached hydrogens (tertiary/aromatic N) is 4. The molecule has 0 spiro atoms. The highest BCUT2D eigenvalue weighted by atomic mass is 16.5. The van der Waals surface area contributed by atoms with Crippen LogP contribution in [0.1, 0.15) is 5.56 Å². The normalized spacial score (nSPS) is 10.2. The Labute approximate surface area is 105 Å². The lowest BCUT2D eigenvalue weighted by molar-refractivity contribution is 0.379. The number of anilines is 3. The van der Waals surface area contributed by atoms with E-state index < -0.39 is 0 Å². The topological polar surface area (TPSA) is 77.2 Å². The molecule has 2 N–H and O–H groups in total. The molecule has 0 aliphatic rings. The molecular weight excluding hydrogens is 230 g/mol. The molecule has 1 heterocycles. The SMILES string of the molecule is COc1nc(N)nc(N(C)c2ccc(C)cc2)n1. The van der Waals surface area contributed by atoms with Gasteiger partial charge >= 0.3 is 6.01 Å². The van der Waals surface area contributed by atoms with Crippen LogP contribution < -0.4 is 15.4 Å². The fourth-order valence-electron chi connectivity index (χ4n) is 1.49. The van der Waals surface area contributed by atoms with Gasteiger partial charge in [-0.3, -0.25) is 0 Å². The highest BCUT2D eigenvalue weighted by molar-refractivity contribution is 5.57. The van der Waals surface area contributed by atoms with Crippen LogP contribution in [0.2, 0.25) is 0 Å². The van der Waals surface area contributed by atoms with Crippen molar-refractivity contribution in [3.05, 3.63) is 29.8 Å². The highest BCUT2D eigenvalue weighted by Gasteiger charge is 2.10. The molecule has 6 nitrogen and oxygen atoms in total. The van der Waals surface area contributed by atoms with Crippen molar-refractivity contribution in [1.82, 2.24) is 15.0 Å². The lowest BCUT2D eigenvalue weighted by Crippen LogP contribution is -2.15. The first-order chi connectivity index (χ1) is 8.60. The quantitative estimate of drug-likeness (QED) is 0.883. The van der Waals surface area contributed by atoms with E-state index in [1.54, 1.807) is 0 Å². The molecule has 1 aromatic heterocycles. The van der Waals surface area contributed by atoms with Gasteiger partial charge in [0.25, 0.3) is 0 Å². The zero-order chi connectivity index (χ0) is 13.1. The van der Waals surface area contributed by atoms with Crippen molar-refractivity contribution in [3.8, 4) is 6.01 Å². The molecule has 0 unspecified atom stereocenters. The number of hydrogen-bond acceptors (Lipinski definition) is 6. The Kier molecular flexibility index (Phi) is 3.27. The molecule has 0 saturated carbocycles. The summed E-state index contributed by atoms with van der Waals surface area (Å²) in [6.07, 6.45) is 0. The molecule has 0 fully saturated rings. The molecule has 1 aromatic carbocycles. The summed E-state index contributed by atoms with van der Waals surface area (Å²) in [5.74, 6) is 0.582. The van der Waals surface area contributed by atoms with E-state index in [0.29, 0.717) is 5.95 Å². The summed E-state index contributed by atoms with van der Waals surface area (Å²) in [4.78, 5) is 13.9. The Balaban J connectivity index is 2.35. The van der Waals surface area contributed by atoms with Crippen molar-refractivity contribution in [1.29, 1.82) is 0 Å². The van der Waals surface area contributed by atoms with Crippen LogP contribution in [0, 0.1) is 6.92 Å². The van der Waals surface area contributed by atoms with Crippen molar-refractivity contribution in [2.24, 2.45) is 0 Å². The van der Waals surface area contributed by atoms with Crippen LogP contribution in [0.4, 0.5) is 17.6 Å². The lowest BCUT2D eigenvalue weighted by atomic mass is 10.2. The number of hydrogen-bond donors (Lipinski definition) is 1. The number of ether oxygens (including phenoxy) is 1. The second-order valence-electron chi connectivity index (χ2n) is 3.87. The molecule has 0 radical (unpaired) electrons. The number of rotatable bonds is 3. The number of nitrogens with two attached hydrogens (primary N) is 1. The molecule has 0 atom stereocenters. The molecule has 0 aliphatic carbocycles. The van der Waals surface area contributed by atoms with E-state index in [2.05, 4.69) is 15.0 Å². The summed E-state index contributed by atoms with van der Waals surface area (Å²) >= 11 is 0. The third-order valence-electron chi connectivity index (χ3n) is 2.52. The molecule has 0 aliphatic heterocycles. The van der Waals surface area contributed by atoms with Crippen LogP contribution in [0.3, 0.4) is 0 Å². The van der Waals surface area contributed by atoms with Gasteiger partial charge < -0.3 is 15.4 Å². The van der Waals surface area contributed by atoms with Gasteiger partial charge in [0.15, 0.2) is 0 Å². The van der Waals surface area contributed by atoms with Gasteiger partial charge in [0.1, 0.15) is 0 Å². The van der Waals surface area contributed by atoms with Crippen LogP contribution in [-0.4, -0.2) is 29.1 Å². The summed E-state index contributed by atoms with van der Waals surface area (Å²) in [6, 6.07) is 8.22. The molecule has 0 amide bonds.